The van der Waals surface area contributed by atoms with Gasteiger partial charge in [-0.05, 0) is 48.9 Å². The van der Waals surface area contributed by atoms with E-state index in [1.807, 2.05) is 12.1 Å². The molecule has 0 saturated heterocycles. The van der Waals surface area contributed by atoms with Gasteiger partial charge in [-0.3, -0.25) is 4.90 Å². The van der Waals surface area contributed by atoms with Crippen LogP contribution in [0.25, 0.3) is 0 Å². The van der Waals surface area contributed by atoms with Crippen LogP contribution >= 0.6 is 0 Å². The van der Waals surface area contributed by atoms with Crippen molar-refractivity contribution in [3.05, 3.63) is 47.5 Å². The van der Waals surface area contributed by atoms with Crippen molar-refractivity contribution in [1.29, 1.82) is 5.26 Å². The third kappa shape index (κ3) is 3.10. The van der Waals surface area contributed by atoms with Gasteiger partial charge in [-0.2, -0.15) is 5.26 Å². The lowest BCUT2D eigenvalue weighted by molar-refractivity contribution is 0.133. The summed E-state index contributed by atoms with van der Waals surface area (Å²) in [5.41, 5.74) is 2.81. The first-order valence-electron chi connectivity index (χ1n) is 8.58. The van der Waals surface area contributed by atoms with E-state index in [0.717, 1.165) is 31.2 Å². The molecule has 5 heteroatoms. The summed E-state index contributed by atoms with van der Waals surface area (Å²) in [5, 5.41) is 8.74. The summed E-state index contributed by atoms with van der Waals surface area (Å²) in [6.07, 6.45) is 9.38. The van der Waals surface area contributed by atoms with E-state index in [-0.39, 0.29) is 5.82 Å². The number of nitrogens with zero attached hydrogens (tertiary/aromatic N) is 4. The Labute approximate surface area is 141 Å². The van der Waals surface area contributed by atoms with Gasteiger partial charge in [-0.25, -0.2) is 9.97 Å². The number of fused-ring (bicyclic) bond motifs is 1. The van der Waals surface area contributed by atoms with Gasteiger partial charge in [0.2, 0.25) is 5.82 Å². The number of rotatable bonds is 3. The Bertz CT molecular complexity index is 762. The second-order valence-electron chi connectivity index (χ2n) is 6.51. The van der Waals surface area contributed by atoms with Gasteiger partial charge >= 0.3 is 0 Å². The van der Waals surface area contributed by atoms with E-state index in [1.165, 1.54) is 49.3 Å². The molecule has 0 bridgehead atoms. The molecule has 0 atom stereocenters. The molecule has 2 heterocycles. The molecule has 4 rings (SSSR count). The smallest absolute Gasteiger partial charge is 0.232 e. The monoisotopic (exact) mass is 320 g/mol. The topological polar surface area (TPSA) is 62.0 Å². The van der Waals surface area contributed by atoms with Gasteiger partial charge in [0.1, 0.15) is 11.8 Å². The zero-order chi connectivity index (χ0) is 16.4. The zero-order valence-electron chi connectivity index (χ0n) is 13.6. The van der Waals surface area contributed by atoms with E-state index in [4.69, 9.17) is 10.00 Å². The third-order valence-corrected chi connectivity index (χ3v) is 5.07. The van der Waals surface area contributed by atoms with Crippen molar-refractivity contribution < 1.29 is 4.74 Å². The second-order valence-corrected chi connectivity index (χ2v) is 6.51. The quantitative estimate of drug-likeness (QED) is 0.869. The zero-order valence-corrected chi connectivity index (χ0v) is 13.6. The minimum atomic E-state index is 0.153. The van der Waals surface area contributed by atoms with Crippen molar-refractivity contribution in [3.63, 3.8) is 0 Å². The van der Waals surface area contributed by atoms with Gasteiger partial charge in [0.25, 0.3) is 0 Å². The molecule has 0 radical (unpaired) electrons. The van der Waals surface area contributed by atoms with Crippen LogP contribution in [0.3, 0.4) is 0 Å². The fraction of sp³-hybridized carbons (Fsp3) is 0.421. The van der Waals surface area contributed by atoms with Crippen LogP contribution in [0.4, 0.5) is 0 Å². The maximum Gasteiger partial charge on any atom is 0.232 e. The van der Waals surface area contributed by atoms with Crippen molar-refractivity contribution in [2.45, 2.75) is 38.1 Å². The molecule has 24 heavy (non-hydrogen) atoms. The SMILES string of the molecule is N#Cc1ncc(Oc2ccc3c(c2)CCN(C2CCC2)CC3)cn1. The number of hydrogen-bond acceptors (Lipinski definition) is 5. The molecule has 0 spiro atoms. The Hall–Kier alpha value is -2.45. The molecule has 0 amide bonds. The van der Waals surface area contributed by atoms with Crippen LogP contribution in [0.5, 0.6) is 11.5 Å². The molecule has 1 aromatic carbocycles. The molecular formula is C19H20N4O. The van der Waals surface area contributed by atoms with E-state index >= 15 is 0 Å². The Kier molecular flexibility index (Phi) is 4.14. The van der Waals surface area contributed by atoms with E-state index in [9.17, 15) is 0 Å². The Morgan fingerprint density at radius 2 is 1.79 bits per heavy atom. The summed E-state index contributed by atoms with van der Waals surface area (Å²) in [5.74, 6) is 1.51. The molecule has 0 unspecified atom stereocenters. The van der Waals surface area contributed by atoms with Crippen LogP contribution in [0, 0.1) is 11.3 Å². The van der Waals surface area contributed by atoms with Gasteiger partial charge in [0.15, 0.2) is 5.75 Å². The number of nitriles is 1. The van der Waals surface area contributed by atoms with Crippen molar-refractivity contribution in [2.75, 3.05) is 13.1 Å². The minimum Gasteiger partial charge on any atom is -0.454 e. The molecule has 2 aliphatic rings. The number of benzene rings is 1. The standard InChI is InChI=1S/C19H20N4O/c20-11-19-21-12-18(13-22-19)24-17-5-4-14-6-8-23(16-2-1-3-16)9-7-15(14)10-17/h4-5,10,12-13,16H,1-3,6-9H2. The van der Waals surface area contributed by atoms with Crippen LogP contribution < -0.4 is 4.74 Å². The molecule has 1 aliphatic heterocycles. The lowest BCUT2D eigenvalue weighted by Gasteiger charge is -2.36. The lowest BCUT2D eigenvalue weighted by atomic mass is 9.91. The average molecular weight is 320 g/mol. The van der Waals surface area contributed by atoms with Crippen LogP contribution in [-0.4, -0.2) is 34.0 Å². The Morgan fingerprint density at radius 3 is 2.46 bits per heavy atom. The van der Waals surface area contributed by atoms with Gasteiger partial charge in [-0.15, -0.1) is 0 Å². The van der Waals surface area contributed by atoms with Crippen molar-refractivity contribution in [1.82, 2.24) is 14.9 Å². The van der Waals surface area contributed by atoms with E-state index < -0.39 is 0 Å². The molecule has 1 fully saturated rings. The molecule has 5 nitrogen and oxygen atoms in total. The number of hydrogen-bond donors (Lipinski definition) is 0. The van der Waals surface area contributed by atoms with E-state index in [0.29, 0.717) is 5.75 Å². The first kappa shape index (κ1) is 15.1. The summed E-state index contributed by atoms with van der Waals surface area (Å²) in [4.78, 5) is 10.5. The first-order chi connectivity index (χ1) is 11.8. The predicted molar refractivity (Wildman–Crippen MR) is 89.9 cm³/mol. The van der Waals surface area contributed by atoms with Gasteiger partial charge in [-0.1, -0.05) is 12.5 Å². The summed E-state index contributed by atoms with van der Waals surface area (Å²) >= 11 is 0. The third-order valence-electron chi connectivity index (χ3n) is 5.07. The molecule has 1 saturated carbocycles. The van der Waals surface area contributed by atoms with Crippen LogP contribution in [0.2, 0.25) is 0 Å². The molecular weight excluding hydrogens is 300 g/mol. The fourth-order valence-electron chi connectivity index (χ4n) is 3.46. The highest BCUT2D eigenvalue weighted by Gasteiger charge is 2.26. The van der Waals surface area contributed by atoms with Crippen molar-refractivity contribution in [3.8, 4) is 17.6 Å². The summed E-state index contributed by atoms with van der Waals surface area (Å²) in [6.45, 7) is 2.31. The van der Waals surface area contributed by atoms with E-state index in [2.05, 4.69) is 27.0 Å². The van der Waals surface area contributed by atoms with Crippen molar-refractivity contribution in [2.24, 2.45) is 0 Å². The molecule has 1 aromatic heterocycles. The maximum absolute atomic E-state index is 8.74. The van der Waals surface area contributed by atoms with Gasteiger partial charge in [0, 0.05) is 19.1 Å². The maximum atomic E-state index is 8.74. The minimum absolute atomic E-state index is 0.153. The summed E-state index contributed by atoms with van der Waals surface area (Å²) in [6, 6.07) is 9.04. The lowest BCUT2D eigenvalue weighted by Crippen LogP contribution is -2.41. The highest BCUT2D eigenvalue weighted by molar-refractivity contribution is 5.39. The fourth-order valence-corrected chi connectivity index (χ4v) is 3.46. The predicted octanol–water partition coefficient (Wildman–Crippen LogP) is 3.09. The summed E-state index contributed by atoms with van der Waals surface area (Å²) < 4.78 is 5.84. The van der Waals surface area contributed by atoms with Crippen LogP contribution in [0.15, 0.2) is 30.6 Å². The Balaban J connectivity index is 1.47. The van der Waals surface area contributed by atoms with Gasteiger partial charge in [0.05, 0.1) is 12.4 Å². The molecule has 1 aliphatic carbocycles. The average Bonchev–Trinajstić information content (AvgIpc) is 2.77. The van der Waals surface area contributed by atoms with E-state index in [1.54, 1.807) is 0 Å². The highest BCUT2D eigenvalue weighted by Crippen LogP contribution is 2.29. The van der Waals surface area contributed by atoms with Crippen molar-refractivity contribution >= 4 is 0 Å². The molecule has 0 N–H and O–H groups in total. The normalized spacial score (nSPS) is 18.1. The summed E-state index contributed by atoms with van der Waals surface area (Å²) in [7, 11) is 0. The molecule has 122 valence electrons. The molecule has 2 aromatic rings. The first-order valence-corrected chi connectivity index (χ1v) is 8.58. The largest absolute Gasteiger partial charge is 0.454 e. The highest BCUT2D eigenvalue weighted by atomic mass is 16.5. The number of ether oxygens (including phenoxy) is 1. The Morgan fingerprint density at radius 1 is 1.04 bits per heavy atom. The number of aromatic nitrogens is 2. The van der Waals surface area contributed by atoms with Gasteiger partial charge < -0.3 is 4.74 Å². The van der Waals surface area contributed by atoms with Crippen LogP contribution in [0.1, 0.15) is 36.2 Å². The second kappa shape index (κ2) is 6.58. The van der Waals surface area contributed by atoms with Crippen LogP contribution in [-0.2, 0) is 12.8 Å².